The van der Waals surface area contributed by atoms with Crippen molar-refractivity contribution in [2.45, 2.75) is 89.5 Å². The van der Waals surface area contributed by atoms with Crippen LogP contribution < -0.4 is 5.32 Å². The zero-order chi connectivity index (χ0) is 37.1. The highest BCUT2D eigenvalue weighted by atomic mass is 19.1. The standard InChI is InChI=1S/C32H46FN3O14/c1-19-14-23-22-9-8-20-15-21(37)10-11-29(20,2)31(22,33)24(38)16-30(23,3)32(19,50-27(41)7-5-13-49-36(45)46)25(39)18-47-28(42)17-34-26(40)6-4-12-48-35(43)44/h10-11,15,19,22-24,38,43-46H,4-9,12-14,16-18H2,1-3H3,(H,34,40)/t19-,22?,23?,24+,29+,30+,31+,32+/m1/s1. The van der Waals surface area contributed by atoms with E-state index >= 15 is 4.39 Å². The monoisotopic (exact) mass is 715 g/mol. The molecule has 18 heteroatoms. The van der Waals surface area contributed by atoms with Gasteiger partial charge in [0.1, 0.15) is 6.54 Å². The van der Waals surface area contributed by atoms with Crippen molar-refractivity contribution in [1.82, 2.24) is 16.1 Å². The van der Waals surface area contributed by atoms with E-state index in [2.05, 4.69) is 15.0 Å². The first-order chi connectivity index (χ1) is 23.4. The minimum atomic E-state index is -2.22. The normalized spacial score (nSPS) is 34.5. The highest BCUT2D eigenvalue weighted by Gasteiger charge is 2.77. The summed E-state index contributed by atoms with van der Waals surface area (Å²) in [6.07, 6.45) is 2.73. The van der Waals surface area contributed by atoms with Gasteiger partial charge in [-0.2, -0.15) is 0 Å². The molecule has 4 rings (SSSR count). The van der Waals surface area contributed by atoms with E-state index in [-0.39, 0.29) is 63.9 Å². The number of carbonyl (C=O) groups is 5. The van der Waals surface area contributed by atoms with Gasteiger partial charge >= 0.3 is 11.9 Å². The molecule has 0 heterocycles. The zero-order valence-electron chi connectivity index (χ0n) is 28.2. The van der Waals surface area contributed by atoms with Crippen LogP contribution >= 0.6 is 0 Å². The number of alkyl halides is 1. The van der Waals surface area contributed by atoms with Crippen molar-refractivity contribution in [3.8, 4) is 0 Å². The molecule has 0 spiro atoms. The summed E-state index contributed by atoms with van der Waals surface area (Å²) in [5, 5.41) is 47.7. The molecule has 17 nitrogen and oxygen atoms in total. The van der Waals surface area contributed by atoms with E-state index in [9.17, 15) is 29.1 Å². The first kappa shape index (κ1) is 39.6. The number of carbonyl (C=O) groups excluding carboxylic acids is 5. The Balaban J connectivity index is 1.56. The summed E-state index contributed by atoms with van der Waals surface area (Å²) in [7, 11) is 0. The third kappa shape index (κ3) is 7.40. The molecular weight excluding hydrogens is 669 g/mol. The second-order valence-electron chi connectivity index (χ2n) is 13.9. The van der Waals surface area contributed by atoms with Gasteiger partial charge < -0.3 is 19.9 Å². The molecule has 0 aromatic carbocycles. The molecule has 0 aliphatic heterocycles. The Morgan fingerprint density at radius 3 is 2.28 bits per heavy atom. The van der Waals surface area contributed by atoms with Crippen LogP contribution in [0.15, 0.2) is 23.8 Å². The first-order valence-electron chi connectivity index (χ1n) is 16.5. The maximum absolute atomic E-state index is 17.7. The zero-order valence-corrected chi connectivity index (χ0v) is 28.2. The number of aliphatic hydroxyl groups excluding tert-OH is 1. The fraction of sp³-hybridized carbons (Fsp3) is 0.719. The lowest BCUT2D eigenvalue weighted by Crippen LogP contribution is -2.70. The summed E-state index contributed by atoms with van der Waals surface area (Å²) in [6.45, 7) is 3.04. The molecule has 3 saturated carbocycles. The number of halogens is 1. The van der Waals surface area contributed by atoms with Gasteiger partial charge in [0.05, 0.1) is 30.1 Å². The van der Waals surface area contributed by atoms with Gasteiger partial charge in [-0.15, -0.1) is 0 Å². The molecule has 1 amide bonds. The van der Waals surface area contributed by atoms with Gasteiger partial charge in [0, 0.05) is 35.5 Å². The number of hydrogen-bond donors (Lipinski definition) is 6. The molecule has 4 aliphatic rings. The van der Waals surface area contributed by atoms with Crippen molar-refractivity contribution in [1.29, 1.82) is 0 Å². The van der Waals surface area contributed by atoms with Gasteiger partial charge in [0.15, 0.2) is 23.7 Å². The van der Waals surface area contributed by atoms with Crippen LogP contribution in [0.5, 0.6) is 0 Å². The summed E-state index contributed by atoms with van der Waals surface area (Å²) < 4.78 is 29.0. The smallest absolute Gasteiger partial charge is 0.325 e. The lowest BCUT2D eigenvalue weighted by Gasteiger charge is -2.62. The van der Waals surface area contributed by atoms with Crippen LogP contribution in [0.3, 0.4) is 0 Å². The average Bonchev–Trinajstić information content (AvgIpc) is 3.26. The van der Waals surface area contributed by atoms with E-state index in [1.165, 1.54) is 18.2 Å². The Hall–Kier alpha value is -3.20. The number of ketones is 2. The number of nitrogens with zero attached hydrogens (tertiary/aromatic N) is 2. The molecule has 0 aromatic heterocycles. The topological polar surface area (TPSA) is 242 Å². The fourth-order valence-corrected chi connectivity index (χ4v) is 8.93. The van der Waals surface area contributed by atoms with Crippen LogP contribution in [0, 0.1) is 28.6 Å². The summed E-state index contributed by atoms with van der Waals surface area (Å²) in [6, 6.07) is 0. The second-order valence-corrected chi connectivity index (χ2v) is 13.9. The van der Waals surface area contributed by atoms with Crippen molar-refractivity contribution in [2.75, 3.05) is 26.4 Å². The van der Waals surface area contributed by atoms with Crippen molar-refractivity contribution >= 4 is 29.4 Å². The molecule has 8 atom stereocenters. The Morgan fingerprint density at radius 1 is 1.00 bits per heavy atom. The van der Waals surface area contributed by atoms with E-state index in [4.69, 9.17) is 30.3 Å². The van der Waals surface area contributed by atoms with Gasteiger partial charge in [-0.1, -0.05) is 25.5 Å². The Morgan fingerprint density at radius 2 is 1.64 bits per heavy atom. The van der Waals surface area contributed by atoms with E-state index in [1.54, 1.807) is 20.8 Å². The predicted octanol–water partition coefficient (Wildman–Crippen LogP) is 1.70. The molecule has 4 aliphatic carbocycles. The molecule has 0 bridgehead atoms. The minimum absolute atomic E-state index is 0.0360. The lowest BCUT2D eigenvalue weighted by molar-refractivity contribution is -0.492. The second kappa shape index (κ2) is 15.6. The molecule has 0 radical (unpaired) electrons. The highest BCUT2D eigenvalue weighted by molar-refractivity contribution is 6.01. The molecule has 2 unspecified atom stereocenters. The number of allylic oxidation sites excluding steroid dienone is 4. The van der Waals surface area contributed by atoms with E-state index in [0.717, 1.165) is 0 Å². The third-order valence-electron chi connectivity index (χ3n) is 11.2. The number of nitrogens with one attached hydrogen (secondary N) is 1. The van der Waals surface area contributed by atoms with Crippen LogP contribution in [0.2, 0.25) is 0 Å². The number of esters is 2. The maximum atomic E-state index is 17.7. The van der Waals surface area contributed by atoms with Crippen LogP contribution in [0.1, 0.15) is 72.1 Å². The Bertz CT molecular complexity index is 1390. The van der Waals surface area contributed by atoms with E-state index in [0.29, 0.717) is 12.0 Å². The summed E-state index contributed by atoms with van der Waals surface area (Å²) >= 11 is 0. The lowest BCUT2D eigenvalue weighted by atomic mass is 9.44. The fourth-order valence-electron chi connectivity index (χ4n) is 8.93. The van der Waals surface area contributed by atoms with Gasteiger partial charge in [0.25, 0.3) is 0 Å². The van der Waals surface area contributed by atoms with Gasteiger partial charge in [0.2, 0.25) is 11.7 Å². The number of Topliss-reactive ketones (excluding diaryl/α,β-unsaturated/α-hetero) is 1. The molecule has 0 saturated heterocycles. The Kier molecular flexibility index (Phi) is 12.3. The third-order valence-corrected chi connectivity index (χ3v) is 11.2. The van der Waals surface area contributed by atoms with Crippen molar-refractivity contribution in [3.05, 3.63) is 23.8 Å². The predicted molar refractivity (Wildman–Crippen MR) is 162 cm³/mol. The van der Waals surface area contributed by atoms with Crippen molar-refractivity contribution in [2.24, 2.45) is 28.6 Å². The molecule has 50 heavy (non-hydrogen) atoms. The number of aliphatic hydroxyl groups is 1. The minimum Gasteiger partial charge on any atom is -0.456 e. The maximum Gasteiger partial charge on any atom is 0.325 e. The van der Waals surface area contributed by atoms with Crippen LogP contribution in [-0.4, -0.2) is 110 Å². The molecular formula is C32H46FN3O14. The first-order valence-corrected chi connectivity index (χ1v) is 16.5. The van der Waals surface area contributed by atoms with Crippen molar-refractivity contribution in [3.63, 3.8) is 0 Å². The largest absolute Gasteiger partial charge is 0.456 e. The molecule has 6 N–H and O–H groups in total. The summed E-state index contributed by atoms with van der Waals surface area (Å²) in [4.78, 5) is 73.3. The number of fused-ring (bicyclic) bond motifs is 5. The van der Waals surface area contributed by atoms with Crippen LogP contribution in [-0.2, 0) is 43.1 Å². The van der Waals surface area contributed by atoms with Crippen molar-refractivity contribution < 1.29 is 73.4 Å². The molecule has 280 valence electrons. The van der Waals surface area contributed by atoms with Gasteiger partial charge in [-0.25, -0.2) is 4.39 Å². The van der Waals surface area contributed by atoms with Crippen LogP contribution in [0.25, 0.3) is 0 Å². The quantitative estimate of drug-likeness (QED) is 0.0757. The summed E-state index contributed by atoms with van der Waals surface area (Å²) in [5.74, 6) is -5.60. The average molecular weight is 716 g/mol. The number of hydrogen-bond acceptors (Lipinski definition) is 16. The number of rotatable bonds is 16. The van der Waals surface area contributed by atoms with Gasteiger partial charge in [-0.3, -0.25) is 54.5 Å². The van der Waals surface area contributed by atoms with E-state index < -0.39 is 93.5 Å². The molecule has 3 fully saturated rings. The van der Waals surface area contributed by atoms with Gasteiger partial charge in [-0.05, 0) is 63.5 Å². The highest BCUT2D eigenvalue weighted by Crippen LogP contribution is 2.71. The SMILES string of the molecule is C[C@@H]1CC2C3CCC4=CC(=O)C=C[C@]4(C)[C@@]3(F)[C@@H](O)C[C@]2(C)[C@@]1(OC(=O)CCCON(O)O)C(=O)COC(=O)CNC(=O)CCCON(O)O. The van der Waals surface area contributed by atoms with E-state index in [1.807, 2.05) is 0 Å². The van der Waals surface area contributed by atoms with Crippen LogP contribution in [0.4, 0.5) is 4.39 Å². The summed E-state index contributed by atoms with van der Waals surface area (Å²) in [5.41, 5.74) is -6.25. The Labute approximate surface area is 287 Å². The number of ether oxygens (including phenoxy) is 2. The molecule has 0 aromatic rings. The number of amides is 1.